The first-order valence-electron chi connectivity index (χ1n) is 4.60. The van der Waals surface area contributed by atoms with Gasteiger partial charge in [-0.25, -0.2) is 4.79 Å². The number of hydrogen-bond donors (Lipinski definition) is 2. The number of nitrogens with one attached hydrogen (secondary N) is 2. The van der Waals surface area contributed by atoms with E-state index in [0.29, 0.717) is 20.9 Å². The third-order valence-corrected chi connectivity index (χ3v) is 2.92. The molecule has 17 heavy (non-hydrogen) atoms. The fourth-order valence-electron chi connectivity index (χ4n) is 1.75. The normalized spacial score (nSPS) is 11.4. The molecule has 0 aliphatic rings. The van der Waals surface area contributed by atoms with Crippen LogP contribution >= 0.6 is 23.2 Å². The number of aromatic amines is 2. The molecule has 0 unspecified atom stereocenters. The number of oxazole rings is 1. The van der Waals surface area contributed by atoms with Crippen LogP contribution in [0.25, 0.3) is 22.0 Å². The number of rotatable bonds is 0. The fourth-order valence-corrected chi connectivity index (χ4v) is 2.33. The molecular formula is C10H4Cl2N2O3. The van der Waals surface area contributed by atoms with Crippen molar-refractivity contribution in [3.63, 3.8) is 0 Å². The Morgan fingerprint density at radius 3 is 2.65 bits per heavy atom. The minimum Gasteiger partial charge on any atom is -0.407 e. The summed E-state index contributed by atoms with van der Waals surface area (Å²) in [5.41, 5.74) is 0.154. The van der Waals surface area contributed by atoms with E-state index in [1.807, 2.05) is 0 Å². The van der Waals surface area contributed by atoms with Gasteiger partial charge in [-0.1, -0.05) is 23.2 Å². The summed E-state index contributed by atoms with van der Waals surface area (Å²) in [5.74, 6) is -0.705. The number of pyridine rings is 1. The maximum atomic E-state index is 11.7. The fraction of sp³-hybridized carbons (Fsp3) is 0. The molecule has 0 aliphatic heterocycles. The van der Waals surface area contributed by atoms with E-state index in [1.165, 1.54) is 12.1 Å². The molecule has 0 saturated heterocycles. The number of aromatic nitrogens is 2. The molecule has 5 nitrogen and oxygen atoms in total. The van der Waals surface area contributed by atoms with Gasteiger partial charge in [-0.05, 0) is 12.1 Å². The highest BCUT2D eigenvalue weighted by atomic mass is 35.5. The van der Waals surface area contributed by atoms with Crippen LogP contribution in [0.3, 0.4) is 0 Å². The lowest BCUT2D eigenvalue weighted by molar-refractivity contribution is 0.558. The highest BCUT2D eigenvalue weighted by Gasteiger charge is 2.13. The zero-order valence-electron chi connectivity index (χ0n) is 8.14. The quantitative estimate of drug-likeness (QED) is 0.658. The lowest BCUT2D eigenvalue weighted by atomic mass is 10.2. The van der Waals surface area contributed by atoms with Gasteiger partial charge in [-0.3, -0.25) is 9.78 Å². The molecule has 0 atom stereocenters. The van der Waals surface area contributed by atoms with Crippen LogP contribution < -0.4 is 11.3 Å². The van der Waals surface area contributed by atoms with Crippen LogP contribution in [-0.4, -0.2) is 9.97 Å². The van der Waals surface area contributed by atoms with E-state index in [9.17, 15) is 9.59 Å². The Hall–Kier alpha value is -1.72. The second kappa shape index (κ2) is 3.38. The number of benzene rings is 1. The molecule has 0 fully saturated rings. The molecule has 86 valence electrons. The van der Waals surface area contributed by atoms with Gasteiger partial charge < -0.3 is 9.40 Å². The lowest BCUT2D eigenvalue weighted by Gasteiger charge is -2.01. The summed E-state index contributed by atoms with van der Waals surface area (Å²) in [6.07, 6.45) is 0. The van der Waals surface area contributed by atoms with Gasteiger partial charge in [0.2, 0.25) is 0 Å². The summed E-state index contributed by atoms with van der Waals surface area (Å²) in [5, 5.41) is 1.14. The molecule has 0 amide bonds. The Balaban J connectivity index is 2.72. The van der Waals surface area contributed by atoms with Crippen molar-refractivity contribution in [2.24, 2.45) is 0 Å². The smallest absolute Gasteiger partial charge is 0.407 e. The minimum atomic E-state index is -0.705. The average molecular weight is 271 g/mol. The Kier molecular flexibility index (Phi) is 2.08. The zero-order valence-corrected chi connectivity index (χ0v) is 9.65. The molecule has 3 rings (SSSR count). The second-order valence-corrected chi connectivity index (χ2v) is 4.33. The Bertz CT molecular complexity index is 859. The topological polar surface area (TPSA) is 78.9 Å². The van der Waals surface area contributed by atoms with E-state index in [2.05, 4.69) is 9.97 Å². The molecule has 2 N–H and O–H groups in total. The van der Waals surface area contributed by atoms with Crippen molar-refractivity contribution in [1.82, 2.24) is 9.97 Å². The third kappa shape index (κ3) is 1.47. The van der Waals surface area contributed by atoms with Gasteiger partial charge in [0.15, 0.2) is 11.1 Å². The second-order valence-electron chi connectivity index (χ2n) is 3.48. The van der Waals surface area contributed by atoms with Crippen molar-refractivity contribution in [1.29, 1.82) is 0 Å². The van der Waals surface area contributed by atoms with Crippen molar-refractivity contribution in [2.75, 3.05) is 0 Å². The van der Waals surface area contributed by atoms with Crippen LogP contribution in [0.2, 0.25) is 10.0 Å². The number of halogens is 2. The van der Waals surface area contributed by atoms with Crippen LogP contribution in [0.1, 0.15) is 0 Å². The maximum Gasteiger partial charge on any atom is 0.417 e. The summed E-state index contributed by atoms with van der Waals surface area (Å²) in [6.45, 7) is 0. The third-order valence-electron chi connectivity index (χ3n) is 2.41. The molecule has 1 aromatic carbocycles. The Morgan fingerprint density at radius 1 is 1.12 bits per heavy atom. The van der Waals surface area contributed by atoms with Gasteiger partial charge in [0.1, 0.15) is 0 Å². The van der Waals surface area contributed by atoms with E-state index < -0.39 is 11.3 Å². The number of hydrogen-bond acceptors (Lipinski definition) is 3. The maximum absolute atomic E-state index is 11.7. The number of fused-ring (bicyclic) bond motifs is 3. The summed E-state index contributed by atoms with van der Waals surface area (Å²) in [7, 11) is 0. The van der Waals surface area contributed by atoms with Crippen LogP contribution in [0.5, 0.6) is 0 Å². The summed E-state index contributed by atoms with van der Waals surface area (Å²) >= 11 is 11.8. The standard InChI is InChI=1S/C10H4Cl2N2O3/c11-3-1-4(12)6-5(2-3)13-9(15)7-8(6)17-10(16)14-7/h1-2H,(H,13,15)(H,14,16). The summed E-state index contributed by atoms with van der Waals surface area (Å²) < 4.78 is 4.92. The van der Waals surface area contributed by atoms with Crippen LogP contribution in [-0.2, 0) is 0 Å². The molecule has 0 bridgehead atoms. The first kappa shape index (κ1) is 10.4. The van der Waals surface area contributed by atoms with Crippen LogP contribution in [0, 0.1) is 0 Å². The average Bonchev–Trinajstić information content (AvgIpc) is 2.58. The van der Waals surface area contributed by atoms with E-state index >= 15 is 0 Å². The monoisotopic (exact) mass is 270 g/mol. The van der Waals surface area contributed by atoms with Gasteiger partial charge in [0, 0.05) is 5.02 Å². The minimum absolute atomic E-state index is 0.0618. The van der Waals surface area contributed by atoms with Gasteiger partial charge in [-0.2, -0.15) is 0 Å². The van der Waals surface area contributed by atoms with Crippen LogP contribution in [0.4, 0.5) is 0 Å². The van der Waals surface area contributed by atoms with Gasteiger partial charge in [0.25, 0.3) is 5.56 Å². The SMILES string of the molecule is O=c1[nH]c2c(=O)[nH]c3cc(Cl)cc(Cl)c3c2o1. The Morgan fingerprint density at radius 2 is 1.88 bits per heavy atom. The molecule has 0 saturated carbocycles. The predicted octanol–water partition coefficient (Wildman–Crippen LogP) is 2.27. The molecule has 2 heterocycles. The lowest BCUT2D eigenvalue weighted by Crippen LogP contribution is -2.07. The predicted molar refractivity (Wildman–Crippen MR) is 65.0 cm³/mol. The molecule has 7 heteroatoms. The van der Waals surface area contributed by atoms with Crippen molar-refractivity contribution < 1.29 is 4.42 Å². The highest BCUT2D eigenvalue weighted by molar-refractivity contribution is 6.39. The van der Waals surface area contributed by atoms with E-state index in [-0.39, 0.29) is 11.1 Å². The number of H-pyrrole nitrogens is 2. The van der Waals surface area contributed by atoms with Crippen molar-refractivity contribution in [3.05, 3.63) is 43.1 Å². The summed E-state index contributed by atoms with van der Waals surface area (Å²) in [6, 6.07) is 3.05. The van der Waals surface area contributed by atoms with E-state index in [4.69, 9.17) is 27.6 Å². The molecule has 3 aromatic rings. The van der Waals surface area contributed by atoms with Gasteiger partial charge in [-0.15, -0.1) is 0 Å². The van der Waals surface area contributed by atoms with E-state index in [0.717, 1.165) is 0 Å². The van der Waals surface area contributed by atoms with Gasteiger partial charge >= 0.3 is 5.76 Å². The summed E-state index contributed by atoms with van der Waals surface area (Å²) in [4.78, 5) is 27.7. The zero-order chi connectivity index (χ0) is 12.2. The van der Waals surface area contributed by atoms with Gasteiger partial charge in [0.05, 0.1) is 15.9 Å². The molecule has 0 radical (unpaired) electrons. The first-order chi connectivity index (χ1) is 8.06. The van der Waals surface area contributed by atoms with Crippen molar-refractivity contribution in [3.8, 4) is 0 Å². The Labute approximate surface area is 103 Å². The molecule has 0 spiro atoms. The first-order valence-corrected chi connectivity index (χ1v) is 5.36. The largest absolute Gasteiger partial charge is 0.417 e. The van der Waals surface area contributed by atoms with E-state index in [1.54, 1.807) is 0 Å². The highest BCUT2D eigenvalue weighted by Crippen LogP contribution is 2.30. The van der Waals surface area contributed by atoms with Crippen molar-refractivity contribution in [2.45, 2.75) is 0 Å². The molecule has 0 aliphatic carbocycles. The molecular weight excluding hydrogens is 267 g/mol. The molecule has 2 aromatic heterocycles. The van der Waals surface area contributed by atoms with Crippen LogP contribution in [0.15, 0.2) is 26.1 Å². The van der Waals surface area contributed by atoms with Crippen molar-refractivity contribution >= 4 is 45.2 Å².